The maximum absolute atomic E-state index is 11.6. The molecule has 0 fully saturated rings. The molecule has 0 spiro atoms. The molecule has 0 amide bonds. The third-order valence-corrected chi connectivity index (χ3v) is 2.29. The van der Waals surface area contributed by atoms with E-state index in [-0.39, 0.29) is 12.2 Å². The Labute approximate surface area is 106 Å². The van der Waals surface area contributed by atoms with Crippen LogP contribution in [0.3, 0.4) is 0 Å². The first-order valence-electron chi connectivity index (χ1n) is 5.82. The van der Waals surface area contributed by atoms with E-state index >= 15 is 0 Å². The Morgan fingerprint density at radius 1 is 1.28 bits per heavy atom. The van der Waals surface area contributed by atoms with Crippen LogP contribution < -0.4 is 0 Å². The van der Waals surface area contributed by atoms with Gasteiger partial charge in [-0.05, 0) is 18.1 Å². The molecule has 0 heterocycles. The van der Waals surface area contributed by atoms with Crippen molar-refractivity contribution in [1.82, 2.24) is 0 Å². The van der Waals surface area contributed by atoms with Crippen molar-refractivity contribution in [1.29, 1.82) is 0 Å². The van der Waals surface area contributed by atoms with Crippen LogP contribution in [0.15, 0.2) is 35.9 Å². The van der Waals surface area contributed by atoms with Gasteiger partial charge in [-0.25, -0.2) is 9.59 Å². The molecule has 1 N–H and O–H groups in total. The monoisotopic (exact) mass is 248 g/mol. The number of aliphatic carboxylic acids is 1. The Hall–Kier alpha value is -2.10. The average Bonchev–Trinajstić information content (AvgIpc) is 2.37. The zero-order valence-corrected chi connectivity index (χ0v) is 10.3. The first-order chi connectivity index (χ1) is 8.65. The molecule has 0 aliphatic rings. The number of carbonyl (C=O) groups is 2. The molecule has 1 rings (SSSR count). The molecule has 0 unspecified atom stereocenters. The molecule has 18 heavy (non-hydrogen) atoms. The Morgan fingerprint density at radius 3 is 2.50 bits per heavy atom. The lowest BCUT2D eigenvalue weighted by Gasteiger charge is -2.04. The third-order valence-electron chi connectivity index (χ3n) is 2.29. The molecule has 0 bridgehead atoms. The van der Waals surface area contributed by atoms with Crippen LogP contribution in [0, 0.1) is 0 Å². The molecule has 96 valence electrons. The molecule has 0 saturated carbocycles. The van der Waals surface area contributed by atoms with Crippen molar-refractivity contribution in [2.45, 2.75) is 19.8 Å². The normalized spacial score (nSPS) is 11.1. The number of benzene rings is 1. The van der Waals surface area contributed by atoms with Gasteiger partial charge in [0.05, 0.1) is 6.61 Å². The first-order valence-corrected chi connectivity index (χ1v) is 5.82. The molecule has 0 radical (unpaired) electrons. The lowest BCUT2D eigenvalue weighted by molar-refractivity contribution is -0.144. The van der Waals surface area contributed by atoms with Crippen LogP contribution in [0.4, 0.5) is 0 Å². The molecular weight excluding hydrogens is 232 g/mol. The molecule has 4 nitrogen and oxygen atoms in total. The third kappa shape index (κ3) is 4.41. The number of esters is 1. The van der Waals surface area contributed by atoms with Gasteiger partial charge >= 0.3 is 11.9 Å². The van der Waals surface area contributed by atoms with Crippen LogP contribution in [0.2, 0.25) is 0 Å². The van der Waals surface area contributed by atoms with E-state index in [0.29, 0.717) is 5.56 Å². The highest BCUT2D eigenvalue weighted by molar-refractivity contribution is 6.16. The molecule has 0 aromatic heterocycles. The predicted molar refractivity (Wildman–Crippen MR) is 67.9 cm³/mol. The number of hydrogen-bond donors (Lipinski definition) is 1. The van der Waals surface area contributed by atoms with Crippen molar-refractivity contribution in [3.63, 3.8) is 0 Å². The summed E-state index contributed by atoms with van der Waals surface area (Å²) in [4.78, 5) is 22.6. The second kappa shape index (κ2) is 7.27. The fourth-order valence-electron chi connectivity index (χ4n) is 1.31. The van der Waals surface area contributed by atoms with Crippen molar-refractivity contribution in [2.24, 2.45) is 0 Å². The smallest absolute Gasteiger partial charge is 0.345 e. The van der Waals surface area contributed by atoms with E-state index in [1.165, 1.54) is 6.08 Å². The van der Waals surface area contributed by atoms with Crippen LogP contribution >= 0.6 is 0 Å². The molecule has 0 atom stereocenters. The summed E-state index contributed by atoms with van der Waals surface area (Å²) in [5.74, 6) is -2.07. The van der Waals surface area contributed by atoms with Gasteiger partial charge in [0.25, 0.3) is 0 Å². The van der Waals surface area contributed by atoms with Crippen LogP contribution in [0.5, 0.6) is 0 Å². The van der Waals surface area contributed by atoms with E-state index in [9.17, 15) is 9.59 Å². The fourth-order valence-corrected chi connectivity index (χ4v) is 1.31. The maximum Gasteiger partial charge on any atom is 0.345 e. The fraction of sp³-hybridized carbons (Fsp3) is 0.286. The minimum atomic E-state index is -1.28. The van der Waals surface area contributed by atoms with Gasteiger partial charge in [0.2, 0.25) is 0 Å². The lowest BCUT2D eigenvalue weighted by Crippen LogP contribution is -2.15. The quantitative estimate of drug-likeness (QED) is 0.276. The van der Waals surface area contributed by atoms with Crippen LogP contribution in [0.1, 0.15) is 25.3 Å². The van der Waals surface area contributed by atoms with Crippen molar-refractivity contribution in [2.75, 3.05) is 6.61 Å². The second-order valence-corrected chi connectivity index (χ2v) is 3.76. The Balaban J connectivity index is 2.80. The average molecular weight is 248 g/mol. The summed E-state index contributed by atoms with van der Waals surface area (Å²) in [6.45, 7) is 2.21. The highest BCUT2D eigenvalue weighted by Gasteiger charge is 2.18. The zero-order chi connectivity index (χ0) is 13.4. The molecule has 4 heteroatoms. The van der Waals surface area contributed by atoms with Gasteiger partial charge in [-0.15, -0.1) is 0 Å². The van der Waals surface area contributed by atoms with Crippen LogP contribution in [0.25, 0.3) is 6.08 Å². The van der Waals surface area contributed by atoms with E-state index in [2.05, 4.69) is 0 Å². The van der Waals surface area contributed by atoms with Crippen molar-refractivity contribution >= 4 is 18.0 Å². The SMILES string of the molecule is CCCCOC(=O)C(=Cc1ccccc1)C(=O)O. The predicted octanol–water partition coefficient (Wildman–Crippen LogP) is 2.50. The van der Waals surface area contributed by atoms with Gasteiger partial charge in [-0.3, -0.25) is 0 Å². The molecule has 0 aliphatic heterocycles. The number of hydrogen-bond acceptors (Lipinski definition) is 3. The number of ether oxygens (including phenoxy) is 1. The number of carboxylic acid groups (broad SMARTS) is 1. The summed E-state index contributed by atoms with van der Waals surface area (Å²) in [6, 6.07) is 8.81. The highest BCUT2D eigenvalue weighted by Crippen LogP contribution is 2.09. The van der Waals surface area contributed by atoms with Crippen LogP contribution in [-0.2, 0) is 14.3 Å². The number of unbranched alkanes of at least 4 members (excludes halogenated alkanes) is 1. The van der Waals surface area contributed by atoms with Gasteiger partial charge in [0.1, 0.15) is 5.57 Å². The van der Waals surface area contributed by atoms with Gasteiger partial charge in [0.15, 0.2) is 0 Å². The molecular formula is C14H16O4. The van der Waals surface area contributed by atoms with Gasteiger partial charge in [-0.1, -0.05) is 43.7 Å². The van der Waals surface area contributed by atoms with E-state index < -0.39 is 11.9 Å². The van der Waals surface area contributed by atoms with Crippen LogP contribution in [-0.4, -0.2) is 23.7 Å². The van der Waals surface area contributed by atoms with E-state index in [1.807, 2.05) is 13.0 Å². The summed E-state index contributed by atoms with van der Waals surface area (Å²) in [5.41, 5.74) is 0.305. The topological polar surface area (TPSA) is 63.6 Å². The molecule has 0 saturated heterocycles. The number of carboxylic acids is 1. The first kappa shape index (κ1) is 14.0. The minimum absolute atomic E-state index is 0.245. The summed E-state index contributed by atoms with van der Waals surface area (Å²) in [6.07, 6.45) is 2.93. The number of carbonyl (C=O) groups excluding carboxylic acids is 1. The summed E-state index contributed by atoms with van der Waals surface area (Å²) >= 11 is 0. The molecule has 1 aromatic rings. The summed E-state index contributed by atoms with van der Waals surface area (Å²) in [5, 5.41) is 8.99. The number of rotatable bonds is 6. The van der Waals surface area contributed by atoms with Gasteiger partial charge in [0, 0.05) is 0 Å². The standard InChI is InChI=1S/C14H16O4/c1-2-3-9-18-14(17)12(13(15)16)10-11-7-5-4-6-8-11/h4-8,10H,2-3,9H2,1H3,(H,15,16). The summed E-state index contributed by atoms with van der Waals surface area (Å²) in [7, 11) is 0. The lowest BCUT2D eigenvalue weighted by atomic mass is 10.1. The molecule has 1 aromatic carbocycles. The van der Waals surface area contributed by atoms with Crippen molar-refractivity contribution in [3.8, 4) is 0 Å². The summed E-state index contributed by atoms with van der Waals surface area (Å²) < 4.78 is 4.89. The van der Waals surface area contributed by atoms with E-state index in [1.54, 1.807) is 24.3 Å². The largest absolute Gasteiger partial charge is 0.477 e. The maximum atomic E-state index is 11.6. The van der Waals surface area contributed by atoms with Crippen molar-refractivity contribution < 1.29 is 19.4 Å². The highest BCUT2D eigenvalue weighted by atomic mass is 16.5. The Morgan fingerprint density at radius 2 is 1.94 bits per heavy atom. The van der Waals surface area contributed by atoms with Crippen molar-refractivity contribution in [3.05, 3.63) is 41.5 Å². The van der Waals surface area contributed by atoms with E-state index in [4.69, 9.17) is 9.84 Å². The Kier molecular flexibility index (Phi) is 5.64. The molecule has 0 aliphatic carbocycles. The Bertz CT molecular complexity index is 434. The van der Waals surface area contributed by atoms with Gasteiger partial charge < -0.3 is 9.84 Å². The second-order valence-electron chi connectivity index (χ2n) is 3.76. The van der Waals surface area contributed by atoms with Gasteiger partial charge in [-0.2, -0.15) is 0 Å². The van der Waals surface area contributed by atoms with E-state index in [0.717, 1.165) is 12.8 Å². The zero-order valence-electron chi connectivity index (χ0n) is 10.3. The minimum Gasteiger partial charge on any atom is -0.477 e.